The zero-order chi connectivity index (χ0) is 14.8. The Hall–Kier alpha value is -1.18. The van der Waals surface area contributed by atoms with Gasteiger partial charge < -0.3 is 4.74 Å². The Morgan fingerprint density at radius 2 is 1.89 bits per heavy atom. The monoisotopic (exact) mass is 346 g/mol. The van der Waals surface area contributed by atoms with Crippen molar-refractivity contribution >= 4 is 21.9 Å². The van der Waals surface area contributed by atoms with Gasteiger partial charge >= 0.3 is 17.8 Å². The van der Waals surface area contributed by atoms with Crippen molar-refractivity contribution in [2.75, 3.05) is 6.61 Å². The summed E-state index contributed by atoms with van der Waals surface area (Å²) in [4.78, 5) is 10.9. The molecule has 0 saturated carbocycles. The fourth-order valence-electron chi connectivity index (χ4n) is 1.26. The fourth-order valence-corrected chi connectivity index (χ4v) is 1.86. The molecule has 0 aromatic heterocycles. The molecule has 0 amide bonds. The van der Waals surface area contributed by atoms with Crippen LogP contribution in [0.1, 0.15) is 12.5 Å². The van der Waals surface area contributed by atoms with E-state index in [-0.39, 0.29) is 0 Å². The SMILES string of the molecule is CCOC(=O)C(F)(F)C(F)(F)c1ccc(F)cc1Br. The van der Waals surface area contributed by atoms with Crippen LogP contribution in [0, 0.1) is 5.82 Å². The normalized spacial score (nSPS) is 12.4. The summed E-state index contributed by atoms with van der Waals surface area (Å²) < 4.78 is 70.3. The molecule has 1 aromatic rings. The van der Waals surface area contributed by atoms with E-state index in [4.69, 9.17) is 0 Å². The molecule has 0 bridgehead atoms. The van der Waals surface area contributed by atoms with E-state index >= 15 is 0 Å². The van der Waals surface area contributed by atoms with E-state index in [1.54, 1.807) is 0 Å². The van der Waals surface area contributed by atoms with Crippen molar-refractivity contribution in [2.45, 2.75) is 18.8 Å². The van der Waals surface area contributed by atoms with Crippen molar-refractivity contribution in [1.82, 2.24) is 0 Å². The highest BCUT2D eigenvalue weighted by Crippen LogP contribution is 2.46. The quantitative estimate of drug-likeness (QED) is 0.611. The van der Waals surface area contributed by atoms with Gasteiger partial charge in [0.15, 0.2) is 0 Å². The van der Waals surface area contributed by atoms with Gasteiger partial charge in [0.25, 0.3) is 0 Å². The number of carbonyl (C=O) groups excluding carboxylic acids is 1. The smallest absolute Gasteiger partial charge is 0.408 e. The maximum atomic E-state index is 13.7. The Kier molecular flexibility index (Phi) is 4.54. The van der Waals surface area contributed by atoms with E-state index in [2.05, 4.69) is 20.7 Å². The summed E-state index contributed by atoms with van der Waals surface area (Å²) in [5, 5.41) is 0. The first-order valence-corrected chi connectivity index (χ1v) is 5.82. The molecule has 0 atom stereocenters. The molecule has 106 valence electrons. The topological polar surface area (TPSA) is 26.3 Å². The third kappa shape index (κ3) is 2.88. The Morgan fingerprint density at radius 1 is 1.32 bits per heavy atom. The van der Waals surface area contributed by atoms with Crippen molar-refractivity contribution in [3.05, 3.63) is 34.1 Å². The molecular weight excluding hydrogens is 339 g/mol. The van der Waals surface area contributed by atoms with Crippen LogP contribution in [0.15, 0.2) is 22.7 Å². The summed E-state index contributed by atoms with van der Waals surface area (Å²) >= 11 is 2.56. The second kappa shape index (κ2) is 5.44. The molecule has 0 aliphatic rings. The second-order valence-electron chi connectivity index (χ2n) is 3.49. The lowest BCUT2D eigenvalue weighted by Gasteiger charge is -2.25. The molecule has 0 aliphatic heterocycles. The van der Waals surface area contributed by atoms with Crippen LogP contribution in [-0.2, 0) is 15.5 Å². The first kappa shape index (κ1) is 15.9. The van der Waals surface area contributed by atoms with Crippen molar-refractivity contribution in [2.24, 2.45) is 0 Å². The van der Waals surface area contributed by atoms with Gasteiger partial charge in [-0.1, -0.05) is 15.9 Å². The minimum absolute atomic E-state index is 0.463. The third-order valence-corrected chi connectivity index (χ3v) is 2.85. The van der Waals surface area contributed by atoms with E-state index in [1.165, 1.54) is 6.92 Å². The molecule has 1 aromatic carbocycles. The lowest BCUT2D eigenvalue weighted by Crippen LogP contribution is -2.46. The van der Waals surface area contributed by atoms with E-state index in [0.29, 0.717) is 18.2 Å². The van der Waals surface area contributed by atoms with Gasteiger partial charge in [0, 0.05) is 10.0 Å². The maximum Gasteiger partial charge on any atom is 0.408 e. The average Bonchev–Trinajstić information content (AvgIpc) is 2.28. The van der Waals surface area contributed by atoms with Crippen LogP contribution in [0.4, 0.5) is 22.0 Å². The van der Waals surface area contributed by atoms with Gasteiger partial charge in [-0.25, -0.2) is 9.18 Å². The van der Waals surface area contributed by atoms with Crippen molar-refractivity contribution < 1.29 is 31.5 Å². The number of rotatable bonds is 4. The number of benzene rings is 1. The number of alkyl halides is 4. The van der Waals surface area contributed by atoms with Gasteiger partial charge in [-0.05, 0) is 25.1 Å². The number of ether oxygens (including phenoxy) is 1. The van der Waals surface area contributed by atoms with Crippen LogP contribution < -0.4 is 0 Å². The van der Waals surface area contributed by atoms with Crippen LogP contribution in [-0.4, -0.2) is 18.5 Å². The molecular formula is C11H8BrF5O2. The highest BCUT2D eigenvalue weighted by atomic mass is 79.9. The Morgan fingerprint density at radius 3 is 2.37 bits per heavy atom. The number of carbonyl (C=O) groups is 1. The van der Waals surface area contributed by atoms with Gasteiger partial charge in [0.1, 0.15) is 5.82 Å². The lowest BCUT2D eigenvalue weighted by molar-refractivity contribution is -0.233. The predicted octanol–water partition coefficient (Wildman–Crippen LogP) is 3.88. The summed E-state index contributed by atoms with van der Waals surface area (Å²) in [5.74, 6) is -13.1. The summed E-state index contributed by atoms with van der Waals surface area (Å²) in [6.45, 7) is 0.745. The summed E-state index contributed by atoms with van der Waals surface area (Å²) in [7, 11) is 0. The maximum absolute atomic E-state index is 13.7. The summed E-state index contributed by atoms with van der Waals surface area (Å²) in [5.41, 5.74) is -1.20. The molecule has 0 spiro atoms. The highest BCUT2D eigenvalue weighted by Gasteiger charge is 2.64. The number of hydrogen-bond acceptors (Lipinski definition) is 2. The van der Waals surface area contributed by atoms with E-state index in [9.17, 15) is 26.7 Å². The van der Waals surface area contributed by atoms with Crippen LogP contribution in [0.3, 0.4) is 0 Å². The molecule has 0 heterocycles. The molecule has 8 heteroatoms. The van der Waals surface area contributed by atoms with Gasteiger partial charge in [-0.3, -0.25) is 0 Å². The molecule has 19 heavy (non-hydrogen) atoms. The first-order valence-electron chi connectivity index (χ1n) is 5.03. The zero-order valence-corrected chi connectivity index (χ0v) is 11.1. The van der Waals surface area contributed by atoms with Gasteiger partial charge in [-0.2, -0.15) is 17.6 Å². The van der Waals surface area contributed by atoms with Crippen LogP contribution in [0.2, 0.25) is 0 Å². The Bertz CT molecular complexity index is 490. The molecule has 0 fully saturated rings. The van der Waals surface area contributed by atoms with E-state index in [1.807, 2.05) is 0 Å². The lowest BCUT2D eigenvalue weighted by atomic mass is 10.0. The Labute approximate surface area is 113 Å². The second-order valence-corrected chi connectivity index (χ2v) is 4.35. The number of halogens is 6. The molecule has 0 unspecified atom stereocenters. The van der Waals surface area contributed by atoms with Crippen molar-refractivity contribution in [3.8, 4) is 0 Å². The molecule has 2 nitrogen and oxygen atoms in total. The Balaban J connectivity index is 3.25. The molecule has 0 aliphatic carbocycles. The first-order chi connectivity index (χ1) is 8.64. The van der Waals surface area contributed by atoms with E-state index in [0.717, 1.165) is 0 Å². The fraction of sp³-hybridized carbons (Fsp3) is 0.364. The molecule has 0 saturated heterocycles. The largest absolute Gasteiger partial charge is 0.461 e. The standard InChI is InChI=1S/C11H8BrF5O2/c1-2-19-9(18)11(16,17)10(14,15)7-4-3-6(13)5-8(7)12/h3-5H,2H2,1H3. The molecule has 0 N–H and O–H groups in total. The minimum atomic E-state index is -5.05. The van der Waals surface area contributed by atoms with Crippen LogP contribution >= 0.6 is 15.9 Å². The van der Waals surface area contributed by atoms with Crippen LogP contribution in [0.25, 0.3) is 0 Å². The average molecular weight is 347 g/mol. The zero-order valence-electron chi connectivity index (χ0n) is 9.52. The van der Waals surface area contributed by atoms with Gasteiger partial charge in [-0.15, -0.1) is 0 Å². The van der Waals surface area contributed by atoms with Crippen LogP contribution in [0.5, 0.6) is 0 Å². The summed E-state index contributed by atoms with van der Waals surface area (Å²) in [6.07, 6.45) is 0. The molecule has 1 rings (SSSR count). The summed E-state index contributed by atoms with van der Waals surface area (Å²) in [6, 6.07) is 1.67. The van der Waals surface area contributed by atoms with Crippen molar-refractivity contribution in [3.63, 3.8) is 0 Å². The third-order valence-electron chi connectivity index (χ3n) is 2.20. The van der Waals surface area contributed by atoms with E-state index < -0.39 is 40.3 Å². The van der Waals surface area contributed by atoms with Gasteiger partial charge in [0.05, 0.1) is 6.61 Å². The molecule has 0 radical (unpaired) electrons. The number of hydrogen-bond donors (Lipinski definition) is 0. The highest BCUT2D eigenvalue weighted by molar-refractivity contribution is 9.10. The van der Waals surface area contributed by atoms with Gasteiger partial charge in [0.2, 0.25) is 0 Å². The predicted molar refractivity (Wildman–Crippen MR) is 59.6 cm³/mol. The number of esters is 1. The van der Waals surface area contributed by atoms with Crippen molar-refractivity contribution in [1.29, 1.82) is 0 Å². The minimum Gasteiger partial charge on any atom is -0.461 e.